The summed E-state index contributed by atoms with van der Waals surface area (Å²) in [5.41, 5.74) is -1.14. The summed E-state index contributed by atoms with van der Waals surface area (Å²) in [6.07, 6.45) is 0.516. The average molecular weight is 178 g/mol. The van der Waals surface area contributed by atoms with E-state index >= 15 is 0 Å². The highest BCUT2D eigenvalue weighted by molar-refractivity contribution is 4.92. The minimum absolute atomic E-state index is 0.0674. The summed E-state index contributed by atoms with van der Waals surface area (Å²) in [5, 5.41) is 9.80. The van der Waals surface area contributed by atoms with E-state index in [2.05, 4.69) is 0 Å². The van der Waals surface area contributed by atoms with E-state index in [4.69, 9.17) is 0 Å². The van der Waals surface area contributed by atoms with Crippen molar-refractivity contribution in [1.29, 1.82) is 0 Å². The highest BCUT2D eigenvalue weighted by Crippen LogP contribution is 2.42. The minimum Gasteiger partial charge on any atom is -0.389 e. The van der Waals surface area contributed by atoms with Crippen LogP contribution in [0.2, 0.25) is 0 Å². The van der Waals surface area contributed by atoms with Crippen LogP contribution in [0.3, 0.4) is 0 Å². The summed E-state index contributed by atoms with van der Waals surface area (Å²) in [7, 11) is 0. The maximum Gasteiger partial charge on any atom is 0.250 e. The highest BCUT2D eigenvalue weighted by atomic mass is 19.3. The SMILES string of the molecule is CC(C)[C@]1(O)CCCC(F)(F)C1. The van der Waals surface area contributed by atoms with Crippen LogP contribution in [0.4, 0.5) is 8.78 Å². The van der Waals surface area contributed by atoms with Gasteiger partial charge in [0.05, 0.1) is 5.60 Å². The lowest BCUT2D eigenvalue weighted by Crippen LogP contribution is -2.44. The van der Waals surface area contributed by atoms with Crippen molar-refractivity contribution in [2.45, 2.75) is 51.1 Å². The van der Waals surface area contributed by atoms with Gasteiger partial charge in [0.15, 0.2) is 0 Å². The summed E-state index contributed by atoms with van der Waals surface area (Å²) in [5.74, 6) is -2.74. The third-order valence-electron chi connectivity index (χ3n) is 2.79. The molecule has 1 nitrogen and oxygen atoms in total. The Labute approximate surface area is 71.8 Å². The summed E-state index contributed by atoms with van der Waals surface area (Å²) in [4.78, 5) is 0. The van der Waals surface area contributed by atoms with Crippen molar-refractivity contribution in [2.75, 3.05) is 0 Å². The van der Waals surface area contributed by atoms with Gasteiger partial charge in [0.1, 0.15) is 0 Å². The van der Waals surface area contributed by atoms with Gasteiger partial charge < -0.3 is 5.11 Å². The van der Waals surface area contributed by atoms with Crippen LogP contribution < -0.4 is 0 Å². The van der Waals surface area contributed by atoms with E-state index in [1.54, 1.807) is 13.8 Å². The van der Waals surface area contributed by atoms with Gasteiger partial charge in [0, 0.05) is 12.8 Å². The number of halogens is 2. The predicted molar refractivity (Wildman–Crippen MR) is 43.2 cm³/mol. The van der Waals surface area contributed by atoms with Gasteiger partial charge in [-0.15, -0.1) is 0 Å². The zero-order chi connectivity index (χ0) is 9.41. The maximum absolute atomic E-state index is 12.9. The molecule has 0 bridgehead atoms. The Bertz CT molecular complexity index is 168. The molecule has 12 heavy (non-hydrogen) atoms. The van der Waals surface area contributed by atoms with Gasteiger partial charge in [-0.05, 0) is 18.8 Å². The fraction of sp³-hybridized carbons (Fsp3) is 1.00. The molecule has 1 N–H and O–H groups in total. The Morgan fingerprint density at radius 1 is 1.25 bits per heavy atom. The predicted octanol–water partition coefficient (Wildman–Crippen LogP) is 2.58. The molecule has 0 radical (unpaired) electrons. The summed E-state index contributed by atoms with van der Waals surface area (Å²) < 4.78 is 25.8. The van der Waals surface area contributed by atoms with Crippen LogP contribution in [-0.4, -0.2) is 16.6 Å². The summed E-state index contributed by atoms with van der Waals surface area (Å²) in [6.45, 7) is 3.59. The molecule has 0 aliphatic heterocycles. The van der Waals surface area contributed by atoms with Crippen LogP contribution in [-0.2, 0) is 0 Å². The molecule has 0 spiro atoms. The normalized spacial score (nSPS) is 35.5. The van der Waals surface area contributed by atoms with Gasteiger partial charge in [-0.3, -0.25) is 0 Å². The smallest absolute Gasteiger partial charge is 0.250 e. The minimum atomic E-state index is -2.66. The van der Waals surface area contributed by atoms with Crippen molar-refractivity contribution in [3.63, 3.8) is 0 Å². The lowest BCUT2D eigenvalue weighted by molar-refractivity contribution is -0.142. The number of rotatable bonds is 1. The Kier molecular flexibility index (Phi) is 2.43. The lowest BCUT2D eigenvalue weighted by atomic mass is 9.75. The Morgan fingerprint density at radius 2 is 1.83 bits per heavy atom. The molecule has 0 saturated heterocycles. The molecule has 0 amide bonds. The molecular formula is C9H16F2O. The molecule has 72 valence electrons. The van der Waals surface area contributed by atoms with E-state index in [0.29, 0.717) is 12.8 Å². The Balaban J connectivity index is 2.68. The first-order valence-corrected chi connectivity index (χ1v) is 4.46. The molecule has 1 saturated carbocycles. The van der Waals surface area contributed by atoms with Gasteiger partial charge in [-0.25, -0.2) is 8.78 Å². The average Bonchev–Trinajstić information content (AvgIpc) is 1.83. The van der Waals surface area contributed by atoms with Gasteiger partial charge in [0.2, 0.25) is 0 Å². The van der Waals surface area contributed by atoms with E-state index < -0.39 is 11.5 Å². The van der Waals surface area contributed by atoms with Crippen LogP contribution in [0.5, 0.6) is 0 Å². The third-order valence-corrected chi connectivity index (χ3v) is 2.79. The lowest BCUT2D eigenvalue weighted by Gasteiger charge is -2.39. The topological polar surface area (TPSA) is 20.2 Å². The quantitative estimate of drug-likeness (QED) is 0.654. The van der Waals surface area contributed by atoms with Crippen molar-refractivity contribution in [3.8, 4) is 0 Å². The molecule has 0 aromatic heterocycles. The van der Waals surface area contributed by atoms with Gasteiger partial charge in [0.25, 0.3) is 5.92 Å². The maximum atomic E-state index is 12.9. The van der Waals surface area contributed by atoms with Crippen LogP contribution >= 0.6 is 0 Å². The van der Waals surface area contributed by atoms with E-state index in [9.17, 15) is 13.9 Å². The number of aliphatic hydroxyl groups is 1. The number of hydrogen-bond donors (Lipinski definition) is 1. The van der Waals surface area contributed by atoms with E-state index in [1.807, 2.05) is 0 Å². The van der Waals surface area contributed by atoms with Crippen LogP contribution in [0.15, 0.2) is 0 Å². The van der Waals surface area contributed by atoms with Crippen LogP contribution in [0, 0.1) is 5.92 Å². The van der Waals surface area contributed by atoms with E-state index in [0.717, 1.165) is 0 Å². The molecule has 1 atom stereocenters. The third kappa shape index (κ3) is 1.94. The first kappa shape index (κ1) is 9.90. The number of hydrogen-bond acceptors (Lipinski definition) is 1. The molecule has 0 aromatic carbocycles. The molecule has 3 heteroatoms. The van der Waals surface area contributed by atoms with E-state index in [1.165, 1.54) is 0 Å². The molecule has 0 heterocycles. The fourth-order valence-corrected chi connectivity index (χ4v) is 1.77. The van der Waals surface area contributed by atoms with Crippen molar-refractivity contribution >= 4 is 0 Å². The van der Waals surface area contributed by atoms with Crippen molar-refractivity contribution < 1.29 is 13.9 Å². The first-order chi connectivity index (χ1) is 5.36. The molecule has 0 aromatic rings. The monoisotopic (exact) mass is 178 g/mol. The largest absolute Gasteiger partial charge is 0.389 e. The van der Waals surface area contributed by atoms with Crippen LogP contribution in [0.25, 0.3) is 0 Å². The van der Waals surface area contributed by atoms with Gasteiger partial charge >= 0.3 is 0 Å². The second kappa shape index (κ2) is 2.95. The number of alkyl halides is 2. The van der Waals surface area contributed by atoms with Crippen molar-refractivity contribution in [1.82, 2.24) is 0 Å². The van der Waals surface area contributed by atoms with Crippen molar-refractivity contribution in [2.24, 2.45) is 5.92 Å². The highest BCUT2D eigenvalue weighted by Gasteiger charge is 2.46. The molecule has 1 aliphatic rings. The van der Waals surface area contributed by atoms with Gasteiger partial charge in [-0.1, -0.05) is 13.8 Å². The van der Waals surface area contributed by atoms with Crippen molar-refractivity contribution in [3.05, 3.63) is 0 Å². The zero-order valence-corrected chi connectivity index (χ0v) is 7.61. The molecule has 1 aliphatic carbocycles. The summed E-state index contributed by atoms with van der Waals surface area (Å²) >= 11 is 0. The van der Waals surface area contributed by atoms with Gasteiger partial charge in [-0.2, -0.15) is 0 Å². The Morgan fingerprint density at radius 3 is 2.17 bits per heavy atom. The first-order valence-electron chi connectivity index (χ1n) is 4.46. The Hall–Kier alpha value is -0.180. The molecular weight excluding hydrogens is 162 g/mol. The molecule has 1 rings (SSSR count). The second-order valence-electron chi connectivity index (χ2n) is 4.14. The fourth-order valence-electron chi connectivity index (χ4n) is 1.77. The zero-order valence-electron chi connectivity index (χ0n) is 7.61. The molecule has 0 unspecified atom stereocenters. The second-order valence-corrected chi connectivity index (χ2v) is 4.14. The standard InChI is InChI=1S/C9H16F2O/c1-7(2)8(12)4-3-5-9(10,11)6-8/h7,12H,3-6H2,1-2H3/t8-/m0/s1. The summed E-state index contributed by atoms with van der Waals surface area (Å²) in [6, 6.07) is 0. The van der Waals surface area contributed by atoms with Crippen LogP contribution in [0.1, 0.15) is 39.5 Å². The van der Waals surface area contributed by atoms with E-state index in [-0.39, 0.29) is 18.8 Å². The molecule has 1 fully saturated rings.